The third-order valence-electron chi connectivity index (χ3n) is 2.81. The lowest BCUT2D eigenvalue weighted by atomic mass is 10.2. The molecule has 0 radical (unpaired) electrons. The Morgan fingerprint density at radius 1 is 1.59 bits per heavy atom. The van der Waals surface area contributed by atoms with Gasteiger partial charge in [0.25, 0.3) is 0 Å². The predicted octanol–water partition coefficient (Wildman–Crippen LogP) is 2.40. The summed E-state index contributed by atoms with van der Waals surface area (Å²) in [6.07, 6.45) is 4.32. The highest BCUT2D eigenvalue weighted by atomic mass is 16.5. The molecule has 0 saturated heterocycles. The van der Waals surface area contributed by atoms with Gasteiger partial charge in [0.2, 0.25) is 11.7 Å². The van der Waals surface area contributed by atoms with Crippen LogP contribution in [0.2, 0.25) is 0 Å². The summed E-state index contributed by atoms with van der Waals surface area (Å²) in [6, 6.07) is 2.10. The summed E-state index contributed by atoms with van der Waals surface area (Å²) >= 11 is 0. The molecule has 1 aliphatic carbocycles. The van der Waals surface area contributed by atoms with Crippen molar-refractivity contribution in [1.29, 1.82) is 5.26 Å². The van der Waals surface area contributed by atoms with Crippen molar-refractivity contribution in [2.45, 2.75) is 45.1 Å². The summed E-state index contributed by atoms with van der Waals surface area (Å²) in [5.74, 6) is 1.83. The SMILES string of the molecule is CCOC(c1noc(CCCC#N)n1)C1CC1. The minimum absolute atomic E-state index is 0.00605. The van der Waals surface area contributed by atoms with E-state index in [1.54, 1.807) is 0 Å². The zero-order chi connectivity index (χ0) is 12.1. The van der Waals surface area contributed by atoms with E-state index in [1.165, 1.54) is 12.8 Å². The third kappa shape index (κ3) is 3.27. The van der Waals surface area contributed by atoms with Crippen LogP contribution >= 0.6 is 0 Å². The molecule has 0 aromatic carbocycles. The van der Waals surface area contributed by atoms with Crippen molar-refractivity contribution in [3.8, 4) is 6.07 Å². The van der Waals surface area contributed by atoms with E-state index in [1.807, 2.05) is 6.92 Å². The molecule has 0 spiro atoms. The van der Waals surface area contributed by atoms with E-state index in [4.69, 9.17) is 14.5 Å². The standard InChI is InChI=1S/C12H17N3O2/c1-2-16-11(9-6-7-9)12-14-10(17-15-12)5-3-4-8-13/h9,11H,2-7H2,1H3. The van der Waals surface area contributed by atoms with Gasteiger partial charge in [0.15, 0.2) is 0 Å². The second kappa shape index (κ2) is 5.78. The monoisotopic (exact) mass is 235 g/mol. The largest absolute Gasteiger partial charge is 0.370 e. The predicted molar refractivity (Wildman–Crippen MR) is 59.9 cm³/mol. The van der Waals surface area contributed by atoms with Gasteiger partial charge in [0.1, 0.15) is 6.10 Å². The van der Waals surface area contributed by atoms with Crippen LogP contribution in [-0.4, -0.2) is 16.7 Å². The summed E-state index contributed by atoms with van der Waals surface area (Å²) in [5, 5.41) is 12.4. The first-order valence-electron chi connectivity index (χ1n) is 6.16. The Bertz CT molecular complexity index is 393. The molecule has 17 heavy (non-hydrogen) atoms. The van der Waals surface area contributed by atoms with Crippen molar-refractivity contribution in [1.82, 2.24) is 10.1 Å². The van der Waals surface area contributed by atoms with Gasteiger partial charge in [-0.25, -0.2) is 0 Å². The molecule has 1 fully saturated rings. The van der Waals surface area contributed by atoms with E-state index in [-0.39, 0.29) is 6.10 Å². The van der Waals surface area contributed by atoms with Crippen LogP contribution in [0.1, 0.15) is 50.4 Å². The van der Waals surface area contributed by atoms with Crippen LogP contribution in [-0.2, 0) is 11.2 Å². The minimum atomic E-state index is -0.00605. The molecule has 0 N–H and O–H groups in total. The van der Waals surface area contributed by atoms with Gasteiger partial charge >= 0.3 is 0 Å². The molecule has 1 aliphatic rings. The average Bonchev–Trinajstić information content (AvgIpc) is 3.06. The van der Waals surface area contributed by atoms with Gasteiger partial charge in [-0.1, -0.05) is 5.16 Å². The molecule has 1 aromatic rings. The van der Waals surface area contributed by atoms with E-state index >= 15 is 0 Å². The maximum atomic E-state index is 8.45. The highest BCUT2D eigenvalue weighted by molar-refractivity contribution is 4.98. The molecule has 1 unspecified atom stereocenters. The molecule has 1 saturated carbocycles. The van der Waals surface area contributed by atoms with Crippen molar-refractivity contribution in [3.05, 3.63) is 11.7 Å². The summed E-state index contributed by atoms with van der Waals surface area (Å²) in [4.78, 5) is 4.35. The molecule has 0 aliphatic heterocycles. The molecule has 2 rings (SSSR count). The van der Waals surface area contributed by atoms with E-state index in [0.29, 0.717) is 37.1 Å². The van der Waals surface area contributed by atoms with E-state index in [2.05, 4.69) is 16.2 Å². The van der Waals surface area contributed by atoms with Crippen LogP contribution < -0.4 is 0 Å². The number of aryl methyl sites for hydroxylation is 1. The summed E-state index contributed by atoms with van der Waals surface area (Å²) in [6.45, 7) is 2.64. The number of aromatic nitrogens is 2. The third-order valence-corrected chi connectivity index (χ3v) is 2.81. The lowest BCUT2D eigenvalue weighted by Crippen LogP contribution is -2.08. The topological polar surface area (TPSA) is 71.9 Å². The quantitative estimate of drug-likeness (QED) is 0.678. The Kier molecular flexibility index (Phi) is 4.10. The Labute approximate surface area is 101 Å². The molecule has 0 amide bonds. The fraction of sp³-hybridized carbons (Fsp3) is 0.750. The van der Waals surface area contributed by atoms with Crippen molar-refractivity contribution >= 4 is 0 Å². The van der Waals surface area contributed by atoms with E-state index in [0.717, 1.165) is 6.42 Å². The molecule has 5 heteroatoms. The maximum absolute atomic E-state index is 8.45. The molecule has 5 nitrogen and oxygen atoms in total. The first-order chi connectivity index (χ1) is 8.35. The second-order valence-electron chi connectivity index (χ2n) is 4.27. The fourth-order valence-electron chi connectivity index (χ4n) is 1.80. The smallest absolute Gasteiger partial charge is 0.226 e. The van der Waals surface area contributed by atoms with E-state index in [9.17, 15) is 0 Å². The number of ether oxygens (including phenoxy) is 1. The second-order valence-corrected chi connectivity index (χ2v) is 4.27. The van der Waals surface area contributed by atoms with Crippen molar-refractivity contribution in [3.63, 3.8) is 0 Å². The van der Waals surface area contributed by atoms with Gasteiger partial charge in [0, 0.05) is 19.4 Å². The first kappa shape index (κ1) is 12.1. The van der Waals surface area contributed by atoms with Gasteiger partial charge in [-0.2, -0.15) is 10.2 Å². The average molecular weight is 235 g/mol. The van der Waals surface area contributed by atoms with Crippen LogP contribution in [0.15, 0.2) is 4.52 Å². The Hall–Kier alpha value is -1.41. The number of nitrogens with zero attached hydrogens (tertiary/aromatic N) is 3. The molecular formula is C12H17N3O2. The number of rotatable bonds is 7. The number of nitriles is 1. The summed E-state index contributed by atoms with van der Waals surface area (Å²) in [5.41, 5.74) is 0. The number of unbranched alkanes of at least 4 members (excludes halogenated alkanes) is 1. The Morgan fingerprint density at radius 2 is 2.41 bits per heavy atom. The van der Waals surface area contributed by atoms with Gasteiger partial charge in [-0.3, -0.25) is 0 Å². The maximum Gasteiger partial charge on any atom is 0.226 e. The molecule has 1 heterocycles. The van der Waals surface area contributed by atoms with Gasteiger partial charge in [-0.15, -0.1) is 0 Å². The number of hydrogen-bond acceptors (Lipinski definition) is 5. The highest BCUT2D eigenvalue weighted by Gasteiger charge is 2.36. The lowest BCUT2D eigenvalue weighted by Gasteiger charge is -2.10. The van der Waals surface area contributed by atoms with Gasteiger partial charge in [0.05, 0.1) is 6.07 Å². The molecule has 0 bridgehead atoms. The van der Waals surface area contributed by atoms with E-state index < -0.39 is 0 Å². The highest BCUT2D eigenvalue weighted by Crippen LogP contribution is 2.42. The molecular weight excluding hydrogens is 218 g/mol. The van der Waals surface area contributed by atoms with Crippen molar-refractivity contribution in [2.75, 3.05) is 6.61 Å². The molecule has 1 atom stereocenters. The molecule has 1 aromatic heterocycles. The molecule has 92 valence electrons. The number of hydrogen-bond donors (Lipinski definition) is 0. The van der Waals surface area contributed by atoms with Gasteiger partial charge in [-0.05, 0) is 32.1 Å². The zero-order valence-electron chi connectivity index (χ0n) is 10.1. The zero-order valence-corrected chi connectivity index (χ0v) is 10.1. The minimum Gasteiger partial charge on any atom is -0.370 e. The summed E-state index contributed by atoms with van der Waals surface area (Å²) in [7, 11) is 0. The van der Waals surface area contributed by atoms with Crippen LogP contribution in [0.25, 0.3) is 0 Å². The van der Waals surface area contributed by atoms with Crippen LogP contribution in [0.3, 0.4) is 0 Å². The summed E-state index contributed by atoms with van der Waals surface area (Å²) < 4.78 is 10.8. The first-order valence-corrected chi connectivity index (χ1v) is 6.16. The Morgan fingerprint density at radius 3 is 3.06 bits per heavy atom. The lowest BCUT2D eigenvalue weighted by molar-refractivity contribution is 0.0384. The van der Waals surface area contributed by atoms with Gasteiger partial charge < -0.3 is 9.26 Å². The Balaban J connectivity index is 1.93. The van der Waals surface area contributed by atoms with Crippen molar-refractivity contribution in [2.24, 2.45) is 5.92 Å². The van der Waals surface area contributed by atoms with Crippen LogP contribution in [0, 0.1) is 17.2 Å². The fourth-order valence-corrected chi connectivity index (χ4v) is 1.80. The van der Waals surface area contributed by atoms with Crippen molar-refractivity contribution < 1.29 is 9.26 Å². The normalized spacial score (nSPS) is 16.7. The van der Waals surface area contributed by atoms with Crippen LogP contribution in [0.4, 0.5) is 0 Å². The van der Waals surface area contributed by atoms with Crippen LogP contribution in [0.5, 0.6) is 0 Å².